The second-order valence-corrected chi connectivity index (χ2v) is 6.28. The largest absolute Gasteiger partial charge is 0.478 e. The van der Waals surface area contributed by atoms with E-state index in [-0.39, 0.29) is 11.3 Å². The van der Waals surface area contributed by atoms with Gasteiger partial charge >= 0.3 is 5.97 Å². The molecular formula is C14H10F3NO4S. The van der Waals surface area contributed by atoms with Crippen LogP contribution in [0.25, 0.3) is 0 Å². The first-order valence-electron chi connectivity index (χ1n) is 6.13. The Bertz CT molecular complexity index is 897. The molecule has 0 saturated heterocycles. The zero-order valence-corrected chi connectivity index (χ0v) is 12.4. The van der Waals surface area contributed by atoms with E-state index >= 15 is 0 Å². The lowest BCUT2D eigenvalue weighted by molar-refractivity contribution is 0.0698. The third-order valence-electron chi connectivity index (χ3n) is 2.94. The van der Waals surface area contributed by atoms with Gasteiger partial charge in [-0.2, -0.15) is 0 Å². The molecule has 0 atom stereocenters. The molecule has 0 unspecified atom stereocenters. The summed E-state index contributed by atoms with van der Waals surface area (Å²) in [6, 6.07) is 4.83. The predicted molar refractivity (Wildman–Crippen MR) is 75.3 cm³/mol. The Kier molecular flexibility index (Phi) is 4.33. The highest BCUT2D eigenvalue weighted by molar-refractivity contribution is 7.92. The molecule has 0 aromatic heterocycles. The Balaban J connectivity index is 2.52. The maximum absolute atomic E-state index is 13.6. The smallest absolute Gasteiger partial charge is 0.337 e. The van der Waals surface area contributed by atoms with E-state index in [4.69, 9.17) is 5.11 Å². The molecular weight excluding hydrogens is 335 g/mol. The molecule has 0 bridgehead atoms. The Labute approximate surface area is 129 Å². The van der Waals surface area contributed by atoms with E-state index in [0.717, 1.165) is 0 Å². The molecule has 0 aliphatic heterocycles. The summed E-state index contributed by atoms with van der Waals surface area (Å²) in [6.45, 7) is 1.60. The Morgan fingerprint density at radius 2 is 1.74 bits per heavy atom. The topological polar surface area (TPSA) is 83.5 Å². The zero-order chi connectivity index (χ0) is 17.4. The second kappa shape index (κ2) is 5.92. The lowest BCUT2D eigenvalue weighted by Crippen LogP contribution is -2.18. The minimum absolute atomic E-state index is 0.327. The fraction of sp³-hybridized carbons (Fsp3) is 0.0714. The number of rotatable bonds is 4. The van der Waals surface area contributed by atoms with Gasteiger partial charge in [0, 0.05) is 0 Å². The highest BCUT2D eigenvalue weighted by Crippen LogP contribution is 2.25. The van der Waals surface area contributed by atoms with E-state index in [0.29, 0.717) is 17.7 Å². The zero-order valence-electron chi connectivity index (χ0n) is 11.6. The van der Waals surface area contributed by atoms with Crippen molar-refractivity contribution in [1.82, 2.24) is 0 Å². The summed E-state index contributed by atoms with van der Waals surface area (Å²) in [5.74, 6) is -6.77. The Hall–Kier alpha value is -2.55. The third kappa shape index (κ3) is 3.29. The Morgan fingerprint density at radius 3 is 2.35 bits per heavy atom. The normalized spacial score (nSPS) is 11.3. The van der Waals surface area contributed by atoms with Crippen molar-refractivity contribution in [2.45, 2.75) is 11.8 Å². The number of carboxylic acid groups (broad SMARTS) is 1. The van der Waals surface area contributed by atoms with E-state index in [2.05, 4.69) is 0 Å². The summed E-state index contributed by atoms with van der Waals surface area (Å²) in [4.78, 5) is 10.0. The number of sulfonamides is 1. The molecule has 0 radical (unpaired) electrons. The van der Waals surface area contributed by atoms with Crippen molar-refractivity contribution in [1.29, 1.82) is 0 Å². The summed E-state index contributed by atoms with van der Waals surface area (Å²) in [7, 11) is -4.65. The van der Waals surface area contributed by atoms with Crippen LogP contribution < -0.4 is 4.72 Å². The number of halogens is 3. The standard InChI is InChI=1S/C14H10F3NO4S/c1-7-2-4-10(8(6-7)14(19)20)18-23(21,22)11-5-3-9(15)12(16)13(11)17/h2-6,18H,1H3,(H,19,20). The number of aryl methyl sites for hydroxylation is 1. The number of benzene rings is 2. The molecule has 0 amide bonds. The molecule has 0 heterocycles. The van der Waals surface area contributed by atoms with Crippen LogP contribution in [0.4, 0.5) is 18.9 Å². The van der Waals surface area contributed by atoms with Gasteiger partial charge in [-0.25, -0.2) is 26.4 Å². The lowest BCUT2D eigenvalue weighted by atomic mass is 10.1. The van der Waals surface area contributed by atoms with Crippen LogP contribution in [0.3, 0.4) is 0 Å². The molecule has 5 nitrogen and oxygen atoms in total. The summed E-state index contributed by atoms with van der Waals surface area (Å²) in [5, 5.41) is 9.07. The molecule has 0 aliphatic rings. The highest BCUT2D eigenvalue weighted by Gasteiger charge is 2.25. The van der Waals surface area contributed by atoms with Gasteiger partial charge < -0.3 is 5.11 Å². The van der Waals surface area contributed by atoms with Crippen LogP contribution in [-0.2, 0) is 10.0 Å². The minimum Gasteiger partial charge on any atom is -0.478 e. The van der Waals surface area contributed by atoms with E-state index in [1.54, 1.807) is 6.92 Å². The van der Waals surface area contributed by atoms with Crippen molar-refractivity contribution in [3.63, 3.8) is 0 Å². The lowest BCUT2D eigenvalue weighted by Gasteiger charge is -2.12. The van der Waals surface area contributed by atoms with Crippen LogP contribution in [0.15, 0.2) is 35.2 Å². The predicted octanol–water partition coefficient (Wildman–Crippen LogP) is 2.91. The van der Waals surface area contributed by atoms with Crippen molar-refractivity contribution < 1.29 is 31.5 Å². The molecule has 9 heteroatoms. The number of hydrogen-bond acceptors (Lipinski definition) is 3. The number of aromatic carboxylic acids is 1. The van der Waals surface area contributed by atoms with Gasteiger partial charge in [0.15, 0.2) is 17.5 Å². The number of carbonyl (C=O) groups is 1. The van der Waals surface area contributed by atoms with Gasteiger partial charge in [-0.15, -0.1) is 0 Å². The van der Waals surface area contributed by atoms with Crippen molar-refractivity contribution >= 4 is 21.7 Å². The van der Waals surface area contributed by atoms with Crippen LogP contribution in [-0.4, -0.2) is 19.5 Å². The molecule has 0 saturated carbocycles. The average molecular weight is 345 g/mol. The van der Waals surface area contributed by atoms with Gasteiger partial charge in [0.25, 0.3) is 10.0 Å². The fourth-order valence-corrected chi connectivity index (χ4v) is 2.99. The van der Waals surface area contributed by atoms with E-state index in [9.17, 15) is 26.4 Å². The summed E-state index contributed by atoms with van der Waals surface area (Å²) >= 11 is 0. The SMILES string of the molecule is Cc1ccc(NS(=O)(=O)c2ccc(F)c(F)c2F)c(C(=O)O)c1. The van der Waals surface area contributed by atoms with Crippen molar-refractivity contribution in [3.8, 4) is 0 Å². The van der Waals surface area contributed by atoms with Crippen LogP contribution in [0.5, 0.6) is 0 Å². The maximum Gasteiger partial charge on any atom is 0.337 e. The molecule has 0 spiro atoms. The monoisotopic (exact) mass is 345 g/mol. The maximum atomic E-state index is 13.6. The number of nitrogens with one attached hydrogen (secondary N) is 1. The van der Waals surface area contributed by atoms with E-state index in [1.807, 2.05) is 4.72 Å². The highest BCUT2D eigenvalue weighted by atomic mass is 32.2. The molecule has 2 aromatic rings. The molecule has 122 valence electrons. The fourth-order valence-electron chi connectivity index (χ4n) is 1.84. The van der Waals surface area contributed by atoms with Crippen LogP contribution in [0.1, 0.15) is 15.9 Å². The summed E-state index contributed by atoms with van der Waals surface area (Å²) in [6.07, 6.45) is 0. The molecule has 0 fully saturated rings. The number of hydrogen-bond donors (Lipinski definition) is 2. The van der Waals surface area contributed by atoms with Crippen LogP contribution >= 0.6 is 0 Å². The molecule has 2 aromatic carbocycles. The van der Waals surface area contributed by atoms with Crippen molar-refractivity contribution in [3.05, 3.63) is 58.9 Å². The van der Waals surface area contributed by atoms with Gasteiger partial charge in [-0.1, -0.05) is 11.6 Å². The average Bonchev–Trinajstić information content (AvgIpc) is 2.46. The molecule has 23 heavy (non-hydrogen) atoms. The van der Waals surface area contributed by atoms with Crippen molar-refractivity contribution in [2.75, 3.05) is 4.72 Å². The van der Waals surface area contributed by atoms with Crippen LogP contribution in [0.2, 0.25) is 0 Å². The van der Waals surface area contributed by atoms with Gasteiger partial charge in [-0.05, 0) is 31.2 Å². The molecule has 2 rings (SSSR count). The van der Waals surface area contributed by atoms with Gasteiger partial charge in [0.2, 0.25) is 0 Å². The van der Waals surface area contributed by atoms with Gasteiger partial charge in [0.1, 0.15) is 4.90 Å². The third-order valence-corrected chi connectivity index (χ3v) is 4.32. The summed E-state index contributed by atoms with van der Waals surface area (Å²) in [5.41, 5.74) is -0.131. The molecule has 0 aliphatic carbocycles. The van der Waals surface area contributed by atoms with Gasteiger partial charge in [0.05, 0.1) is 11.3 Å². The number of anilines is 1. The first kappa shape index (κ1) is 16.8. The van der Waals surface area contributed by atoms with Gasteiger partial charge in [-0.3, -0.25) is 4.72 Å². The number of carboxylic acids is 1. The Morgan fingerprint density at radius 1 is 1.09 bits per heavy atom. The summed E-state index contributed by atoms with van der Waals surface area (Å²) < 4.78 is 65.8. The minimum atomic E-state index is -4.65. The van der Waals surface area contributed by atoms with Crippen LogP contribution in [0, 0.1) is 24.4 Å². The molecule has 2 N–H and O–H groups in total. The quantitative estimate of drug-likeness (QED) is 0.835. The second-order valence-electron chi connectivity index (χ2n) is 4.63. The van der Waals surface area contributed by atoms with Crippen molar-refractivity contribution in [2.24, 2.45) is 0 Å². The first-order chi connectivity index (χ1) is 10.6. The van der Waals surface area contributed by atoms with E-state index < -0.39 is 38.3 Å². The first-order valence-corrected chi connectivity index (χ1v) is 7.62. The van der Waals surface area contributed by atoms with E-state index in [1.165, 1.54) is 18.2 Å².